The molecular formula is C22H22N4O. The molecule has 1 aliphatic carbocycles. The minimum atomic E-state index is -0.225. The van der Waals surface area contributed by atoms with Gasteiger partial charge in [0, 0.05) is 30.0 Å². The monoisotopic (exact) mass is 358 g/mol. The van der Waals surface area contributed by atoms with Gasteiger partial charge in [-0.05, 0) is 36.8 Å². The summed E-state index contributed by atoms with van der Waals surface area (Å²) in [5, 5.41) is 5.68. The summed E-state index contributed by atoms with van der Waals surface area (Å²) in [5.74, 6) is 1.24. The number of benzene rings is 2. The standard InChI is InChI=1S/C22H22N4O/c1-15(23)21(16-6-3-2-4-7-16)27-19-9-10-20-17(12-19)14-25-26(20)22-13-18(22)8-5-11-24-22/h2-12,14-15,18,21H,13,23H2,1H3/t15-,18?,21-,22?/m0/s1. The summed E-state index contributed by atoms with van der Waals surface area (Å²) in [6.07, 6.45) is 8.82. The van der Waals surface area contributed by atoms with E-state index in [0.29, 0.717) is 5.92 Å². The van der Waals surface area contributed by atoms with E-state index in [2.05, 4.69) is 21.9 Å². The Balaban J connectivity index is 1.46. The molecule has 5 nitrogen and oxygen atoms in total. The van der Waals surface area contributed by atoms with Crippen molar-refractivity contribution in [3.05, 3.63) is 72.4 Å². The number of aliphatic imine (C=N–C) groups is 1. The van der Waals surface area contributed by atoms with Gasteiger partial charge in [0.2, 0.25) is 0 Å². The van der Waals surface area contributed by atoms with E-state index in [9.17, 15) is 0 Å². The van der Waals surface area contributed by atoms with Crippen LogP contribution in [0.1, 0.15) is 25.0 Å². The van der Waals surface area contributed by atoms with Crippen molar-refractivity contribution in [3.8, 4) is 5.75 Å². The van der Waals surface area contributed by atoms with Crippen molar-refractivity contribution < 1.29 is 4.74 Å². The molecule has 1 fully saturated rings. The van der Waals surface area contributed by atoms with E-state index in [-0.39, 0.29) is 17.8 Å². The van der Waals surface area contributed by atoms with Gasteiger partial charge in [-0.25, -0.2) is 4.68 Å². The average molecular weight is 358 g/mol. The molecule has 2 aliphatic rings. The highest BCUT2D eigenvalue weighted by Gasteiger charge is 2.56. The average Bonchev–Trinajstić information content (AvgIpc) is 3.29. The highest BCUT2D eigenvalue weighted by Crippen LogP contribution is 2.54. The van der Waals surface area contributed by atoms with E-state index in [1.54, 1.807) is 0 Å². The van der Waals surface area contributed by atoms with Crippen LogP contribution in [0.25, 0.3) is 10.9 Å². The predicted octanol–water partition coefficient (Wildman–Crippen LogP) is 3.82. The second-order valence-electron chi connectivity index (χ2n) is 7.44. The predicted molar refractivity (Wildman–Crippen MR) is 107 cm³/mol. The zero-order valence-corrected chi connectivity index (χ0v) is 15.2. The molecule has 1 aromatic heterocycles. The summed E-state index contributed by atoms with van der Waals surface area (Å²) in [5.41, 5.74) is 8.12. The molecule has 1 aliphatic heterocycles. The lowest BCUT2D eigenvalue weighted by atomic mass is 10.0. The molecule has 0 radical (unpaired) electrons. The molecule has 2 N–H and O–H groups in total. The Morgan fingerprint density at radius 2 is 2.07 bits per heavy atom. The summed E-state index contributed by atoms with van der Waals surface area (Å²) < 4.78 is 8.31. The molecule has 2 aromatic carbocycles. The molecule has 0 spiro atoms. The summed E-state index contributed by atoms with van der Waals surface area (Å²) in [4.78, 5) is 4.70. The third kappa shape index (κ3) is 2.66. The van der Waals surface area contributed by atoms with Gasteiger partial charge in [-0.2, -0.15) is 5.10 Å². The number of aromatic nitrogens is 2. The number of nitrogens with zero attached hydrogens (tertiary/aromatic N) is 3. The SMILES string of the molecule is C[C@H](N)[C@H](Oc1ccc2c(cnn2C23CC2C=CC=N3)c1)c1ccccc1. The van der Waals surface area contributed by atoms with Crippen molar-refractivity contribution in [2.45, 2.75) is 31.2 Å². The van der Waals surface area contributed by atoms with E-state index in [4.69, 9.17) is 15.5 Å². The largest absolute Gasteiger partial charge is 0.484 e. The van der Waals surface area contributed by atoms with Gasteiger partial charge < -0.3 is 10.5 Å². The van der Waals surface area contributed by atoms with E-state index in [1.807, 2.05) is 67.9 Å². The van der Waals surface area contributed by atoms with Crippen LogP contribution in [0.5, 0.6) is 5.75 Å². The lowest BCUT2D eigenvalue weighted by molar-refractivity contribution is 0.180. The second kappa shape index (κ2) is 6.06. The first kappa shape index (κ1) is 16.3. The van der Waals surface area contributed by atoms with Crippen LogP contribution in [-0.4, -0.2) is 22.0 Å². The number of ether oxygens (including phenoxy) is 1. The number of fused-ring (bicyclic) bond motifs is 2. The molecule has 2 heterocycles. The van der Waals surface area contributed by atoms with E-state index in [0.717, 1.165) is 28.6 Å². The number of nitrogens with two attached hydrogens (primary N) is 1. The highest BCUT2D eigenvalue weighted by atomic mass is 16.5. The molecule has 5 heteroatoms. The third-order valence-corrected chi connectivity index (χ3v) is 5.46. The van der Waals surface area contributed by atoms with Crippen molar-refractivity contribution in [1.29, 1.82) is 0 Å². The lowest BCUT2D eigenvalue weighted by Gasteiger charge is -2.23. The van der Waals surface area contributed by atoms with Gasteiger partial charge >= 0.3 is 0 Å². The van der Waals surface area contributed by atoms with Crippen molar-refractivity contribution in [2.24, 2.45) is 16.6 Å². The Bertz CT molecular complexity index is 1040. The maximum absolute atomic E-state index is 6.26. The van der Waals surface area contributed by atoms with Gasteiger partial charge in [0.15, 0.2) is 5.66 Å². The van der Waals surface area contributed by atoms with Gasteiger partial charge in [-0.15, -0.1) is 0 Å². The fraction of sp³-hybridized carbons (Fsp3) is 0.273. The van der Waals surface area contributed by atoms with Gasteiger partial charge in [0.05, 0.1) is 11.7 Å². The molecule has 0 bridgehead atoms. The normalized spacial score (nSPS) is 25.2. The first-order valence-corrected chi connectivity index (χ1v) is 9.35. The maximum Gasteiger partial charge on any atom is 0.159 e. The Hall–Kier alpha value is -2.92. The zero-order chi connectivity index (χ0) is 18.4. The molecule has 5 rings (SSSR count). The van der Waals surface area contributed by atoms with Crippen LogP contribution in [0, 0.1) is 5.92 Å². The quantitative estimate of drug-likeness (QED) is 0.754. The topological polar surface area (TPSA) is 65.4 Å². The van der Waals surface area contributed by atoms with Crippen LogP contribution >= 0.6 is 0 Å². The maximum atomic E-state index is 6.26. The molecule has 0 amide bonds. The number of dihydropyridines is 1. The molecule has 0 saturated heterocycles. The van der Waals surface area contributed by atoms with Crippen LogP contribution in [0.2, 0.25) is 0 Å². The number of rotatable bonds is 5. The molecular weight excluding hydrogens is 336 g/mol. The lowest BCUT2D eigenvalue weighted by Crippen LogP contribution is -2.29. The minimum Gasteiger partial charge on any atom is -0.484 e. The first-order chi connectivity index (χ1) is 13.2. The Labute approximate surface area is 158 Å². The number of hydrogen-bond donors (Lipinski definition) is 1. The van der Waals surface area contributed by atoms with Crippen LogP contribution in [-0.2, 0) is 5.66 Å². The van der Waals surface area contributed by atoms with Crippen molar-refractivity contribution in [3.63, 3.8) is 0 Å². The molecule has 2 unspecified atom stereocenters. The smallest absolute Gasteiger partial charge is 0.159 e. The van der Waals surface area contributed by atoms with Crippen LogP contribution in [0.3, 0.4) is 0 Å². The van der Waals surface area contributed by atoms with Gasteiger partial charge in [-0.1, -0.05) is 36.4 Å². The summed E-state index contributed by atoms with van der Waals surface area (Å²) in [7, 11) is 0. The fourth-order valence-corrected chi connectivity index (χ4v) is 3.95. The molecule has 27 heavy (non-hydrogen) atoms. The summed E-state index contributed by atoms with van der Waals surface area (Å²) >= 11 is 0. The minimum absolute atomic E-state index is 0.125. The van der Waals surface area contributed by atoms with E-state index < -0.39 is 0 Å². The van der Waals surface area contributed by atoms with Crippen LogP contribution in [0.4, 0.5) is 0 Å². The Morgan fingerprint density at radius 1 is 1.22 bits per heavy atom. The fourth-order valence-electron chi connectivity index (χ4n) is 3.95. The summed E-state index contributed by atoms with van der Waals surface area (Å²) in [6.45, 7) is 1.97. The molecule has 1 saturated carbocycles. The molecule has 3 aromatic rings. The number of hydrogen-bond acceptors (Lipinski definition) is 4. The van der Waals surface area contributed by atoms with E-state index in [1.165, 1.54) is 0 Å². The van der Waals surface area contributed by atoms with Crippen molar-refractivity contribution in [2.75, 3.05) is 0 Å². The Morgan fingerprint density at radius 3 is 2.85 bits per heavy atom. The van der Waals surface area contributed by atoms with E-state index >= 15 is 0 Å². The number of allylic oxidation sites excluding steroid dienone is 1. The van der Waals surface area contributed by atoms with Crippen LogP contribution < -0.4 is 10.5 Å². The van der Waals surface area contributed by atoms with Gasteiger partial charge in [-0.3, -0.25) is 4.99 Å². The Kier molecular flexibility index (Phi) is 3.65. The third-order valence-electron chi connectivity index (χ3n) is 5.46. The van der Waals surface area contributed by atoms with Gasteiger partial charge in [0.1, 0.15) is 11.9 Å². The van der Waals surface area contributed by atoms with Crippen molar-refractivity contribution >= 4 is 17.1 Å². The van der Waals surface area contributed by atoms with Crippen LogP contribution in [0.15, 0.2) is 71.9 Å². The van der Waals surface area contributed by atoms with Crippen molar-refractivity contribution in [1.82, 2.24) is 9.78 Å². The molecule has 4 atom stereocenters. The zero-order valence-electron chi connectivity index (χ0n) is 15.2. The summed E-state index contributed by atoms with van der Waals surface area (Å²) in [6, 6.07) is 16.1. The van der Waals surface area contributed by atoms with Gasteiger partial charge in [0.25, 0.3) is 0 Å². The molecule has 136 valence electrons. The second-order valence-corrected chi connectivity index (χ2v) is 7.44. The first-order valence-electron chi connectivity index (χ1n) is 9.35. The highest BCUT2D eigenvalue weighted by molar-refractivity contribution is 5.81.